The fourth-order valence-corrected chi connectivity index (χ4v) is 5.03. The summed E-state index contributed by atoms with van der Waals surface area (Å²) in [7, 11) is 3.68. The maximum atomic E-state index is 12.5. The average molecular weight is 424 g/mol. The highest BCUT2D eigenvalue weighted by molar-refractivity contribution is 7.98. The molecule has 146 valence electrons. The molecule has 5 aromatic rings. The van der Waals surface area contributed by atoms with Gasteiger partial charge in [0.05, 0.1) is 11.3 Å². The van der Waals surface area contributed by atoms with Gasteiger partial charge in [0.25, 0.3) is 5.56 Å². The minimum Gasteiger partial charge on any atom is -0.305 e. The van der Waals surface area contributed by atoms with E-state index in [0.29, 0.717) is 16.2 Å². The Labute approximate surface area is 173 Å². The van der Waals surface area contributed by atoms with Crippen molar-refractivity contribution < 1.29 is 0 Å². The molecule has 0 saturated carbocycles. The predicted molar refractivity (Wildman–Crippen MR) is 114 cm³/mol. The van der Waals surface area contributed by atoms with E-state index >= 15 is 0 Å². The van der Waals surface area contributed by atoms with Gasteiger partial charge in [-0.1, -0.05) is 35.5 Å². The Balaban J connectivity index is 1.50. The molecule has 0 bridgehead atoms. The smallest absolute Gasteiger partial charge is 0.272 e. The molecule has 4 aromatic heterocycles. The third kappa shape index (κ3) is 2.87. The van der Waals surface area contributed by atoms with Gasteiger partial charge in [-0.2, -0.15) is 0 Å². The van der Waals surface area contributed by atoms with Crippen LogP contribution in [0, 0.1) is 6.92 Å². The van der Waals surface area contributed by atoms with Gasteiger partial charge in [0.2, 0.25) is 5.78 Å². The third-order valence-corrected chi connectivity index (χ3v) is 6.75. The van der Waals surface area contributed by atoms with Crippen molar-refractivity contribution >= 4 is 39.1 Å². The highest BCUT2D eigenvalue weighted by Gasteiger charge is 2.17. The molecule has 0 saturated heterocycles. The van der Waals surface area contributed by atoms with E-state index in [1.165, 1.54) is 21.5 Å². The summed E-state index contributed by atoms with van der Waals surface area (Å²) in [5, 5.41) is 20.0. The topological polar surface area (TPSA) is 82.9 Å². The molecular formula is C19H17N7OS2. The molecule has 29 heavy (non-hydrogen) atoms. The van der Waals surface area contributed by atoms with Crippen LogP contribution in [0.3, 0.4) is 0 Å². The SMILES string of the molecule is Cc1cccc(-c2nnc(SCc3nnc4n(C)c(=O)c5sccc5n34)n2C)c1. The van der Waals surface area contributed by atoms with Crippen LogP contribution in [0.15, 0.2) is 45.7 Å². The molecule has 0 radical (unpaired) electrons. The zero-order valence-electron chi connectivity index (χ0n) is 16.0. The van der Waals surface area contributed by atoms with Crippen LogP contribution in [0.5, 0.6) is 0 Å². The van der Waals surface area contributed by atoms with Gasteiger partial charge in [0.1, 0.15) is 10.5 Å². The Morgan fingerprint density at radius 3 is 2.76 bits per heavy atom. The van der Waals surface area contributed by atoms with E-state index in [1.54, 1.807) is 18.8 Å². The van der Waals surface area contributed by atoms with E-state index in [4.69, 9.17) is 0 Å². The van der Waals surface area contributed by atoms with E-state index in [0.717, 1.165) is 27.9 Å². The summed E-state index contributed by atoms with van der Waals surface area (Å²) in [6.45, 7) is 2.06. The zero-order chi connectivity index (χ0) is 20.1. The zero-order valence-corrected chi connectivity index (χ0v) is 17.7. The monoisotopic (exact) mass is 423 g/mol. The molecule has 0 aliphatic carbocycles. The molecule has 0 amide bonds. The summed E-state index contributed by atoms with van der Waals surface area (Å²) < 4.78 is 6.17. The van der Waals surface area contributed by atoms with Crippen LogP contribution >= 0.6 is 23.1 Å². The summed E-state index contributed by atoms with van der Waals surface area (Å²) in [6, 6.07) is 10.1. The van der Waals surface area contributed by atoms with Crippen molar-refractivity contribution in [2.75, 3.05) is 0 Å². The summed E-state index contributed by atoms with van der Waals surface area (Å²) in [5.74, 6) is 2.69. The molecule has 0 fully saturated rings. The molecule has 1 aromatic carbocycles. The minimum atomic E-state index is -0.0507. The Morgan fingerprint density at radius 2 is 1.93 bits per heavy atom. The Hall–Kier alpha value is -2.98. The van der Waals surface area contributed by atoms with Crippen molar-refractivity contribution in [3.63, 3.8) is 0 Å². The van der Waals surface area contributed by atoms with Crippen LogP contribution in [-0.2, 0) is 19.8 Å². The predicted octanol–water partition coefficient (Wildman–Crippen LogP) is 3.04. The maximum Gasteiger partial charge on any atom is 0.272 e. The van der Waals surface area contributed by atoms with Crippen LogP contribution in [-0.4, -0.2) is 33.9 Å². The van der Waals surface area contributed by atoms with Crippen LogP contribution in [0.2, 0.25) is 0 Å². The third-order valence-electron chi connectivity index (χ3n) is 4.84. The first-order chi connectivity index (χ1) is 14.0. The van der Waals surface area contributed by atoms with Crippen molar-refractivity contribution in [2.24, 2.45) is 14.1 Å². The van der Waals surface area contributed by atoms with Gasteiger partial charge < -0.3 is 4.57 Å². The number of thiophene rings is 1. The molecular weight excluding hydrogens is 406 g/mol. The van der Waals surface area contributed by atoms with Gasteiger partial charge in [-0.15, -0.1) is 31.7 Å². The van der Waals surface area contributed by atoms with Crippen molar-refractivity contribution in [2.45, 2.75) is 17.8 Å². The number of hydrogen-bond donors (Lipinski definition) is 0. The largest absolute Gasteiger partial charge is 0.305 e. The summed E-state index contributed by atoms with van der Waals surface area (Å²) in [5.41, 5.74) is 3.01. The molecule has 4 heterocycles. The lowest BCUT2D eigenvalue weighted by molar-refractivity contribution is 0.792. The lowest BCUT2D eigenvalue weighted by Gasteiger charge is -2.06. The van der Waals surface area contributed by atoms with E-state index in [9.17, 15) is 4.79 Å². The lowest BCUT2D eigenvalue weighted by atomic mass is 10.1. The van der Waals surface area contributed by atoms with E-state index in [-0.39, 0.29) is 5.56 Å². The molecule has 0 spiro atoms. The van der Waals surface area contributed by atoms with Crippen molar-refractivity contribution in [1.82, 2.24) is 33.9 Å². The highest BCUT2D eigenvalue weighted by atomic mass is 32.2. The summed E-state index contributed by atoms with van der Waals surface area (Å²) in [4.78, 5) is 12.5. The van der Waals surface area contributed by atoms with Crippen LogP contribution in [0.25, 0.3) is 27.4 Å². The fourth-order valence-electron chi connectivity index (χ4n) is 3.35. The van der Waals surface area contributed by atoms with Gasteiger partial charge in [0, 0.05) is 19.7 Å². The molecule has 0 aliphatic heterocycles. The van der Waals surface area contributed by atoms with Crippen LogP contribution < -0.4 is 5.56 Å². The Kier molecular flexibility index (Phi) is 4.25. The van der Waals surface area contributed by atoms with Gasteiger partial charge in [0.15, 0.2) is 11.0 Å². The van der Waals surface area contributed by atoms with Gasteiger partial charge in [-0.25, -0.2) is 0 Å². The normalized spacial score (nSPS) is 11.7. The first-order valence-electron chi connectivity index (χ1n) is 8.94. The molecule has 0 N–H and O–H groups in total. The Morgan fingerprint density at radius 1 is 1.07 bits per heavy atom. The number of rotatable bonds is 4. The van der Waals surface area contributed by atoms with Crippen LogP contribution in [0.1, 0.15) is 11.4 Å². The summed E-state index contributed by atoms with van der Waals surface area (Å²) in [6.07, 6.45) is 0. The molecule has 10 heteroatoms. The molecule has 0 atom stereocenters. The quantitative estimate of drug-likeness (QED) is 0.413. The number of benzene rings is 1. The average Bonchev–Trinajstić information content (AvgIpc) is 3.42. The first-order valence-corrected chi connectivity index (χ1v) is 10.8. The van der Waals surface area contributed by atoms with E-state index < -0.39 is 0 Å². The number of fused-ring (bicyclic) bond motifs is 3. The first kappa shape index (κ1) is 18.1. The number of thioether (sulfide) groups is 1. The Bertz CT molecular complexity index is 1430. The second-order valence-electron chi connectivity index (χ2n) is 6.77. The fraction of sp³-hybridized carbons (Fsp3) is 0.211. The number of hydrogen-bond acceptors (Lipinski definition) is 7. The highest BCUT2D eigenvalue weighted by Crippen LogP contribution is 2.26. The molecule has 5 rings (SSSR count). The molecule has 8 nitrogen and oxygen atoms in total. The second kappa shape index (κ2) is 6.82. The lowest BCUT2D eigenvalue weighted by Crippen LogP contribution is -2.19. The number of nitrogens with zero attached hydrogens (tertiary/aromatic N) is 7. The van der Waals surface area contributed by atoms with Crippen molar-refractivity contribution in [3.8, 4) is 11.4 Å². The van der Waals surface area contributed by atoms with Crippen molar-refractivity contribution in [1.29, 1.82) is 0 Å². The van der Waals surface area contributed by atoms with Crippen LogP contribution in [0.4, 0.5) is 0 Å². The second-order valence-corrected chi connectivity index (χ2v) is 8.63. The van der Waals surface area contributed by atoms with E-state index in [2.05, 4.69) is 39.5 Å². The minimum absolute atomic E-state index is 0.0507. The van der Waals surface area contributed by atoms with E-state index in [1.807, 2.05) is 39.6 Å². The molecule has 0 aliphatic rings. The van der Waals surface area contributed by atoms with Gasteiger partial charge in [-0.05, 0) is 24.4 Å². The maximum absolute atomic E-state index is 12.5. The molecule has 0 unspecified atom stereocenters. The number of aryl methyl sites for hydroxylation is 2. The van der Waals surface area contributed by atoms with Crippen molar-refractivity contribution in [3.05, 3.63) is 57.5 Å². The van der Waals surface area contributed by atoms with Gasteiger partial charge >= 0.3 is 0 Å². The number of aromatic nitrogens is 7. The van der Waals surface area contributed by atoms with Gasteiger partial charge in [-0.3, -0.25) is 13.8 Å². The summed E-state index contributed by atoms with van der Waals surface area (Å²) >= 11 is 2.97. The standard InChI is InChI=1S/C19H17N7OS2/c1-11-5-4-6-12(9-11)16-21-23-19(24(16)2)29-10-14-20-22-18-25(3)17(27)15-13(26(14)18)7-8-28-15/h4-9H,10H2,1-3H3.